The molecule has 40 heavy (non-hydrogen) atoms. The minimum absolute atomic E-state index is 0.196. The van der Waals surface area contributed by atoms with E-state index in [2.05, 4.69) is 41.9 Å². The van der Waals surface area contributed by atoms with Crippen LogP contribution in [0.5, 0.6) is 0 Å². The van der Waals surface area contributed by atoms with E-state index < -0.39 is 34.3 Å². The van der Waals surface area contributed by atoms with Crippen molar-refractivity contribution >= 4 is 27.6 Å². The van der Waals surface area contributed by atoms with Gasteiger partial charge in [-0.05, 0) is 44.5 Å². The van der Waals surface area contributed by atoms with Crippen LogP contribution in [0.2, 0.25) is 0 Å². The fraction of sp³-hybridized carbons (Fsp3) is 0.458. The highest BCUT2D eigenvalue weighted by Gasteiger charge is 2.50. The maximum atomic E-state index is 12.3. The van der Waals surface area contributed by atoms with Crippen LogP contribution >= 0.6 is 0 Å². The van der Waals surface area contributed by atoms with Crippen LogP contribution in [0, 0.1) is 13.8 Å². The Hall–Kier alpha value is -3.40. The highest BCUT2D eigenvalue weighted by molar-refractivity contribution is 7.92. The molecule has 0 amide bonds. The summed E-state index contributed by atoms with van der Waals surface area (Å²) in [6.45, 7) is 7.45. The molecule has 3 heterocycles. The molecular formula is C24H27F6N3O6S. The molecule has 1 unspecified atom stereocenters. The molecular weight excluding hydrogens is 572 g/mol. The Labute approximate surface area is 226 Å². The van der Waals surface area contributed by atoms with Gasteiger partial charge >= 0.3 is 24.3 Å². The average Bonchev–Trinajstić information content (AvgIpc) is 3.34. The van der Waals surface area contributed by atoms with E-state index in [1.165, 1.54) is 27.3 Å². The normalized spacial score (nSPS) is 18.9. The fourth-order valence-electron chi connectivity index (χ4n) is 4.57. The van der Waals surface area contributed by atoms with Crippen LogP contribution in [0.4, 0.5) is 32.0 Å². The number of rotatable bonds is 3. The number of sulfonamides is 1. The van der Waals surface area contributed by atoms with E-state index in [1.54, 1.807) is 6.20 Å². The first-order chi connectivity index (χ1) is 18.2. The lowest BCUT2D eigenvalue weighted by Gasteiger charge is -2.25. The number of likely N-dealkylation sites (tertiary alicyclic amines) is 1. The van der Waals surface area contributed by atoms with Crippen LogP contribution in [0.3, 0.4) is 0 Å². The molecule has 16 heteroatoms. The third-order valence-electron chi connectivity index (χ3n) is 6.01. The summed E-state index contributed by atoms with van der Waals surface area (Å²) in [7, 11) is -3.29. The van der Waals surface area contributed by atoms with Crippen molar-refractivity contribution in [1.29, 1.82) is 0 Å². The van der Waals surface area contributed by atoms with Crippen molar-refractivity contribution in [3.05, 3.63) is 58.9 Å². The molecule has 2 aliphatic rings. The highest BCUT2D eigenvalue weighted by atomic mass is 32.2. The van der Waals surface area contributed by atoms with E-state index in [4.69, 9.17) is 19.8 Å². The van der Waals surface area contributed by atoms with Gasteiger partial charge in [0, 0.05) is 31.2 Å². The lowest BCUT2D eigenvalue weighted by Crippen LogP contribution is -2.38. The van der Waals surface area contributed by atoms with Crippen molar-refractivity contribution in [2.75, 3.05) is 30.2 Å². The molecule has 1 aromatic heterocycles. The number of carboxylic acids is 2. The minimum Gasteiger partial charge on any atom is -0.475 e. The Kier molecular flexibility index (Phi) is 9.84. The second-order valence-corrected chi connectivity index (χ2v) is 11.4. The molecule has 0 bridgehead atoms. The number of fused-ring (bicyclic) bond motifs is 2. The zero-order chi connectivity index (χ0) is 30.7. The van der Waals surface area contributed by atoms with Gasteiger partial charge in [0.05, 0.1) is 17.6 Å². The molecule has 1 spiro atoms. The van der Waals surface area contributed by atoms with Gasteiger partial charge in [-0.3, -0.25) is 14.2 Å². The van der Waals surface area contributed by atoms with Crippen LogP contribution in [-0.4, -0.2) is 78.7 Å². The van der Waals surface area contributed by atoms with Gasteiger partial charge in [-0.15, -0.1) is 0 Å². The Balaban J connectivity index is 0.000000333. The maximum absolute atomic E-state index is 12.3. The summed E-state index contributed by atoms with van der Waals surface area (Å²) in [4.78, 5) is 24.8. The molecule has 4 rings (SSSR count). The van der Waals surface area contributed by atoms with Gasteiger partial charge in [0.1, 0.15) is 0 Å². The summed E-state index contributed by atoms with van der Waals surface area (Å²) in [5.74, 6) is -5.51. The van der Waals surface area contributed by atoms with E-state index in [0.717, 1.165) is 37.4 Å². The molecule has 2 N–H and O–H groups in total. The maximum Gasteiger partial charge on any atom is 0.490 e. The smallest absolute Gasteiger partial charge is 0.475 e. The standard InChI is InChI=1S/C20H25N3O2S.2C2HF3O2/c1-15-9-16(2)11-17(10-15)12-22-8-6-20(13-22)14-23(26(3,24)25)18-5-4-7-21-19(18)20;2*3-2(4,5)1(6)7/h4-5,7,9-11H,6,8,12-14H2,1-3H3;2*(H,6,7). The second-order valence-electron chi connectivity index (χ2n) is 9.48. The molecule has 9 nitrogen and oxygen atoms in total. The van der Waals surface area contributed by atoms with E-state index in [-0.39, 0.29) is 5.41 Å². The van der Waals surface area contributed by atoms with Crippen molar-refractivity contribution in [1.82, 2.24) is 9.88 Å². The number of alkyl halides is 6. The summed E-state index contributed by atoms with van der Waals surface area (Å²) in [6.07, 6.45) is -6.17. The molecule has 0 radical (unpaired) electrons. The number of nitrogens with zero attached hydrogens (tertiary/aromatic N) is 3. The van der Waals surface area contributed by atoms with Crippen LogP contribution in [0.15, 0.2) is 36.5 Å². The SMILES string of the molecule is Cc1cc(C)cc(CN2CCC3(C2)CN(S(C)(=O)=O)c2cccnc23)c1.O=C(O)C(F)(F)F.O=C(O)C(F)(F)F. The van der Waals surface area contributed by atoms with Crippen molar-refractivity contribution < 1.29 is 54.6 Å². The predicted molar refractivity (Wildman–Crippen MR) is 131 cm³/mol. The van der Waals surface area contributed by atoms with Gasteiger partial charge < -0.3 is 10.2 Å². The number of hydrogen-bond donors (Lipinski definition) is 2. The van der Waals surface area contributed by atoms with Gasteiger partial charge in [0.15, 0.2) is 0 Å². The number of pyridine rings is 1. The molecule has 1 aromatic carbocycles. The van der Waals surface area contributed by atoms with Gasteiger partial charge in [0.2, 0.25) is 10.0 Å². The fourth-order valence-corrected chi connectivity index (χ4v) is 5.56. The number of aliphatic carboxylic acids is 2. The minimum atomic E-state index is -5.08. The van der Waals surface area contributed by atoms with Crippen LogP contribution in [-0.2, 0) is 31.6 Å². The lowest BCUT2D eigenvalue weighted by molar-refractivity contribution is -0.193. The summed E-state index contributed by atoms with van der Waals surface area (Å²) in [5.41, 5.74) is 5.38. The number of carboxylic acid groups (broad SMARTS) is 2. The van der Waals surface area contributed by atoms with Gasteiger partial charge in [-0.1, -0.05) is 29.3 Å². The second kappa shape index (κ2) is 12.0. The topological polar surface area (TPSA) is 128 Å². The first-order valence-electron chi connectivity index (χ1n) is 11.5. The number of aromatic nitrogens is 1. The Morgan fingerprint density at radius 2 is 1.48 bits per heavy atom. The third-order valence-corrected chi connectivity index (χ3v) is 7.14. The van der Waals surface area contributed by atoms with Gasteiger partial charge in [-0.2, -0.15) is 26.3 Å². The Morgan fingerprint density at radius 1 is 0.975 bits per heavy atom. The molecule has 222 valence electrons. The first-order valence-corrected chi connectivity index (χ1v) is 13.3. The molecule has 2 aromatic rings. The third kappa shape index (κ3) is 8.55. The number of carbonyl (C=O) groups is 2. The van der Waals surface area contributed by atoms with Crippen LogP contribution in [0.25, 0.3) is 0 Å². The largest absolute Gasteiger partial charge is 0.490 e. The van der Waals surface area contributed by atoms with Crippen molar-refractivity contribution in [2.45, 2.75) is 44.6 Å². The first kappa shape index (κ1) is 32.8. The monoisotopic (exact) mass is 599 g/mol. The van der Waals surface area contributed by atoms with E-state index in [1.807, 2.05) is 12.1 Å². The summed E-state index contributed by atoms with van der Waals surface area (Å²) >= 11 is 0. The number of hydrogen-bond acceptors (Lipinski definition) is 6. The number of aryl methyl sites for hydroxylation is 2. The molecule has 1 saturated heterocycles. The summed E-state index contributed by atoms with van der Waals surface area (Å²) < 4.78 is 89.5. The van der Waals surface area contributed by atoms with E-state index >= 15 is 0 Å². The molecule has 1 atom stereocenters. The van der Waals surface area contributed by atoms with E-state index in [9.17, 15) is 34.8 Å². The van der Waals surface area contributed by atoms with Crippen LogP contribution in [0.1, 0.15) is 28.8 Å². The summed E-state index contributed by atoms with van der Waals surface area (Å²) in [6, 6.07) is 10.4. The van der Waals surface area contributed by atoms with E-state index in [0.29, 0.717) is 6.54 Å². The van der Waals surface area contributed by atoms with Crippen molar-refractivity contribution in [3.63, 3.8) is 0 Å². The number of benzene rings is 1. The Bertz CT molecular complexity index is 1310. The van der Waals surface area contributed by atoms with Gasteiger partial charge in [-0.25, -0.2) is 18.0 Å². The molecule has 2 aliphatic heterocycles. The number of anilines is 1. The summed E-state index contributed by atoms with van der Waals surface area (Å²) in [5, 5.41) is 14.2. The number of halogens is 6. The molecule has 0 saturated carbocycles. The quantitative estimate of drug-likeness (QED) is 0.509. The zero-order valence-electron chi connectivity index (χ0n) is 21.5. The predicted octanol–water partition coefficient (Wildman–Crippen LogP) is 3.89. The average molecular weight is 600 g/mol. The van der Waals surface area contributed by atoms with Gasteiger partial charge in [0.25, 0.3) is 0 Å². The van der Waals surface area contributed by atoms with Crippen molar-refractivity contribution in [3.8, 4) is 0 Å². The Morgan fingerprint density at radius 3 is 1.93 bits per heavy atom. The lowest BCUT2D eigenvalue weighted by atomic mass is 9.85. The zero-order valence-corrected chi connectivity index (χ0v) is 22.4. The van der Waals surface area contributed by atoms with Crippen molar-refractivity contribution in [2.24, 2.45) is 0 Å². The van der Waals surface area contributed by atoms with Crippen LogP contribution < -0.4 is 4.31 Å². The molecule has 0 aliphatic carbocycles. The molecule has 1 fully saturated rings. The highest BCUT2D eigenvalue weighted by Crippen LogP contribution is 2.46.